The summed E-state index contributed by atoms with van der Waals surface area (Å²) >= 11 is 3.23. The number of carboxylic acid groups (broad SMARTS) is 1. The van der Waals surface area contributed by atoms with Crippen LogP contribution in [-0.4, -0.2) is 44.4 Å². The van der Waals surface area contributed by atoms with E-state index in [-0.39, 0.29) is 28.2 Å². The van der Waals surface area contributed by atoms with E-state index in [2.05, 4.69) is 15.9 Å². The molecule has 0 aliphatic heterocycles. The highest BCUT2D eigenvalue weighted by Crippen LogP contribution is 2.27. The van der Waals surface area contributed by atoms with Gasteiger partial charge in [0.1, 0.15) is 5.75 Å². The molecule has 1 aromatic rings. The van der Waals surface area contributed by atoms with Gasteiger partial charge < -0.3 is 10.0 Å². The SMILES string of the molecule is CCN(C(=O)CS(=O)c1cc(Br)ccc1C(=O)O)C1CC1. The van der Waals surface area contributed by atoms with Crippen molar-refractivity contribution in [1.29, 1.82) is 0 Å². The van der Waals surface area contributed by atoms with Crippen LogP contribution in [0, 0.1) is 0 Å². The van der Waals surface area contributed by atoms with E-state index in [1.54, 1.807) is 11.0 Å². The molecule has 7 heteroatoms. The molecule has 1 aliphatic rings. The molecule has 2 rings (SSSR count). The van der Waals surface area contributed by atoms with E-state index in [4.69, 9.17) is 5.11 Å². The highest BCUT2D eigenvalue weighted by atomic mass is 79.9. The summed E-state index contributed by atoms with van der Waals surface area (Å²) in [6, 6.07) is 4.73. The maximum Gasteiger partial charge on any atom is 0.336 e. The van der Waals surface area contributed by atoms with Gasteiger partial charge in [0.05, 0.1) is 21.3 Å². The second kappa shape index (κ2) is 6.70. The number of hydrogen-bond acceptors (Lipinski definition) is 3. The molecule has 1 amide bonds. The number of carbonyl (C=O) groups excluding carboxylic acids is 1. The first-order valence-electron chi connectivity index (χ1n) is 6.64. The van der Waals surface area contributed by atoms with Crippen molar-refractivity contribution in [3.05, 3.63) is 28.2 Å². The summed E-state index contributed by atoms with van der Waals surface area (Å²) in [7, 11) is -1.67. The summed E-state index contributed by atoms with van der Waals surface area (Å²) in [5.41, 5.74) is -0.0289. The molecular weight excluding hydrogens is 358 g/mol. The molecule has 1 N–H and O–H groups in total. The van der Waals surface area contributed by atoms with E-state index < -0.39 is 16.8 Å². The molecule has 0 aromatic heterocycles. The van der Waals surface area contributed by atoms with Gasteiger partial charge in [-0.1, -0.05) is 15.9 Å². The quantitative estimate of drug-likeness (QED) is 0.829. The van der Waals surface area contributed by atoms with Crippen LogP contribution in [-0.2, 0) is 15.6 Å². The van der Waals surface area contributed by atoms with Crippen LogP contribution in [0.15, 0.2) is 27.6 Å². The Labute approximate surface area is 133 Å². The minimum atomic E-state index is -1.67. The van der Waals surface area contributed by atoms with E-state index in [0.29, 0.717) is 11.0 Å². The van der Waals surface area contributed by atoms with Gasteiger partial charge in [0, 0.05) is 17.1 Å². The van der Waals surface area contributed by atoms with Crippen molar-refractivity contribution in [2.75, 3.05) is 12.3 Å². The molecule has 0 radical (unpaired) electrons. The first-order valence-corrected chi connectivity index (χ1v) is 8.76. The Balaban J connectivity index is 2.18. The molecular formula is C14H16BrNO4S. The van der Waals surface area contributed by atoms with Crippen LogP contribution >= 0.6 is 15.9 Å². The fourth-order valence-corrected chi connectivity index (χ4v) is 3.88. The second-order valence-corrected chi connectivity index (χ2v) is 7.18. The lowest BCUT2D eigenvalue weighted by molar-refractivity contribution is -0.128. The number of benzene rings is 1. The van der Waals surface area contributed by atoms with E-state index in [0.717, 1.165) is 12.8 Å². The van der Waals surface area contributed by atoms with Crippen molar-refractivity contribution in [2.45, 2.75) is 30.7 Å². The molecule has 1 aromatic carbocycles. The van der Waals surface area contributed by atoms with Crippen molar-refractivity contribution in [3.8, 4) is 0 Å². The van der Waals surface area contributed by atoms with E-state index in [1.165, 1.54) is 12.1 Å². The summed E-state index contributed by atoms with van der Waals surface area (Å²) in [6.45, 7) is 2.48. The molecule has 1 fully saturated rings. The van der Waals surface area contributed by atoms with Crippen molar-refractivity contribution in [3.63, 3.8) is 0 Å². The minimum Gasteiger partial charge on any atom is -0.478 e. The predicted octanol–water partition coefficient (Wildman–Crippen LogP) is 2.27. The molecule has 0 heterocycles. The van der Waals surface area contributed by atoms with Gasteiger partial charge >= 0.3 is 5.97 Å². The molecule has 1 aliphatic carbocycles. The highest BCUT2D eigenvalue weighted by Gasteiger charge is 2.32. The zero-order valence-corrected chi connectivity index (χ0v) is 13.9. The van der Waals surface area contributed by atoms with Gasteiger partial charge in [0.15, 0.2) is 0 Å². The lowest BCUT2D eigenvalue weighted by atomic mass is 10.2. The fourth-order valence-electron chi connectivity index (χ4n) is 2.16. The molecule has 21 heavy (non-hydrogen) atoms. The number of carbonyl (C=O) groups is 2. The summed E-state index contributed by atoms with van der Waals surface area (Å²) < 4.78 is 13.0. The number of aromatic carboxylic acids is 1. The molecule has 114 valence electrons. The smallest absolute Gasteiger partial charge is 0.336 e. The number of nitrogens with zero attached hydrogens (tertiary/aromatic N) is 1. The number of carboxylic acids is 1. The van der Waals surface area contributed by atoms with E-state index in [9.17, 15) is 13.8 Å². The van der Waals surface area contributed by atoms with Crippen LogP contribution in [0.1, 0.15) is 30.1 Å². The van der Waals surface area contributed by atoms with Crippen molar-refractivity contribution >= 4 is 38.6 Å². The number of amides is 1. The van der Waals surface area contributed by atoms with Gasteiger partial charge in [-0.25, -0.2) is 4.79 Å². The summed E-state index contributed by atoms with van der Waals surface area (Å²) in [5, 5.41) is 9.15. The third kappa shape index (κ3) is 3.91. The highest BCUT2D eigenvalue weighted by molar-refractivity contribution is 9.10. The lowest BCUT2D eigenvalue weighted by Gasteiger charge is -2.20. The zero-order chi connectivity index (χ0) is 15.6. The molecule has 1 unspecified atom stereocenters. The van der Waals surface area contributed by atoms with Gasteiger partial charge in [-0.3, -0.25) is 9.00 Å². The maximum atomic E-state index is 12.4. The second-order valence-electron chi connectivity index (χ2n) is 4.85. The molecule has 0 saturated heterocycles. The summed E-state index contributed by atoms with van der Waals surface area (Å²) in [5.74, 6) is -1.51. The topological polar surface area (TPSA) is 74.7 Å². The van der Waals surface area contributed by atoms with E-state index >= 15 is 0 Å². The third-order valence-corrected chi connectivity index (χ3v) is 5.15. The van der Waals surface area contributed by atoms with Gasteiger partial charge in [-0.2, -0.15) is 0 Å². The zero-order valence-electron chi connectivity index (χ0n) is 11.5. The largest absolute Gasteiger partial charge is 0.478 e. The van der Waals surface area contributed by atoms with Crippen LogP contribution < -0.4 is 0 Å². The third-order valence-electron chi connectivity index (χ3n) is 3.32. The first kappa shape index (κ1) is 16.2. The Hall–Kier alpha value is -1.21. The molecule has 5 nitrogen and oxygen atoms in total. The molecule has 0 spiro atoms. The van der Waals surface area contributed by atoms with Gasteiger partial charge in [-0.05, 0) is 38.0 Å². The molecule has 1 saturated carbocycles. The monoisotopic (exact) mass is 373 g/mol. The van der Waals surface area contributed by atoms with Crippen LogP contribution in [0.5, 0.6) is 0 Å². The van der Waals surface area contributed by atoms with Crippen LogP contribution in [0.25, 0.3) is 0 Å². The fraction of sp³-hybridized carbons (Fsp3) is 0.429. The summed E-state index contributed by atoms with van der Waals surface area (Å²) in [6.07, 6.45) is 1.98. The van der Waals surface area contributed by atoms with Crippen molar-refractivity contribution in [2.24, 2.45) is 0 Å². The Morgan fingerprint density at radius 3 is 2.62 bits per heavy atom. The number of halogens is 1. The molecule has 0 bridgehead atoms. The Morgan fingerprint density at radius 2 is 2.10 bits per heavy atom. The van der Waals surface area contributed by atoms with Crippen LogP contribution in [0.4, 0.5) is 0 Å². The Bertz CT molecular complexity index is 601. The molecule has 1 atom stereocenters. The standard InChI is InChI=1S/C14H16BrNO4S/c1-2-16(10-4-5-10)13(17)8-21(20)12-7-9(15)3-6-11(12)14(18)19/h3,6-7,10H,2,4-5,8H2,1H3,(H,18,19). The van der Waals surface area contributed by atoms with Crippen molar-refractivity contribution in [1.82, 2.24) is 4.90 Å². The van der Waals surface area contributed by atoms with E-state index in [1.807, 2.05) is 6.92 Å². The Kier molecular flexibility index (Phi) is 5.16. The lowest BCUT2D eigenvalue weighted by Crippen LogP contribution is -2.36. The minimum absolute atomic E-state index is 0.0289. The van der Waals surface area contributed by atoms with Gasteiger partial charge in [-0.15, -0.1) is 0 Å². The maximum absolute atomic E-state index is 12.4. The average Bonchev–Trinajstić information content (AvgIpc) is 3.23. The van der Waals surface area contributed by atoms with Crippen molar-refractivity contribution < 1.29 is 18.9 Å². The summed E-state index contributed by atoms with van der Waals surface area (Å²) in [4.78, 5) is 25.3. The number of hydrogen-bond donors (Lipinski definition) is 1. The normalized spacial score (nSPS) is 15.5. The number of rotatable bonds is 6. The van der Waals surface area contributed by atoms with Crippen LogP contribution in [0.2, 0.25) is 0 Å². The first-order chi connectivity index (χ1) is 9.93. The average molecular weight is 374 g/mol. The predicted molar refractivity (Wildman–Crippen MR) is 82.8 cm³/mol. The van der Waals surface area contributed by atoms with Crippen LogP contribution in [0.3, 0.4) is 0 Å². The van der Waals surface area contributed by atoms with Gasteiger partial charge in [0.2, 0.25) is 5.91 Å². The Morgan fingerprint density at radius 1 is 1.43 bits per heavy atom. The van der Waals surface area contributed by atoms with Gasteiger partial charge in [0.25, 0.3) is 0 Å².